The fraction of sp³-hybridized carbons (Fsp3) is 0.947. The van der Waals surface area contributed by atoms with Gasteiger partial charge in [0.2, 0.25) is 0 Å². The molecule has 0 aromatic carbocycles. The molecule has 2 nitrogen and oxygen atoms in total. The molecule has 0 aromatic rings. The summed E-state index contributed by atoms with van der Waals surface area (Å²) in [7, 11) is 0. The van der Waals surface area contributed by atoms with Gasteiger partial charge < -0.3 is 4.74 Å². The lowest BCUT2D eigenvalue weighted by Crippen LogP contribution is -2.44. The molecule has 0 heterocycles. The van der Waals surface area contributed by atoms with E-state index in [1.807, 2.05) is 27.7 Å². The van der Waals surface area contributed by atoms with E-state index in [0.717, 1.165) is 31.1 Å². The quantitative estimate of drug-likeness (QED) is 0.621. The largest absolute Gasteiger partial charge is 0.459 e. The first-order valence-electron chi connectivity index (χ1n) is 9.10. The summed E-state index contributed by atoms with van der Waals surface area (Å²) >= 11 is 0. The van der Waals surface area contributed by atoms with Crippen molar-refractivity contribution in [2.45, 2.75) is 98.5 Å². The van der Waals surface area contributed by atoms with Crippen molar-refractivity contribution in [3.8, 4) is 0 Å². The minimum atomic E-state index is -0.341. The lowest BCUT2D eigenvalue weighted by molar-refractivity contribution is -0.176. The molecule has 0 bridgehead atoms. The molecule has 0 amide bonds. The molecule has 0 radical (unpaired) electrons. The van der Waals surface area contributed by atoms with Crippen LogP contribution in [0.3, 0.4) is 0 Å². The second kappa shape index (κ2) is 7.65. The van der Waals surface area contributed by atoms with Crippen LogP contribution in [0.2, 0.25) is 0 Å². The molecular weight excluding hydrogens is 260 g/mol. The van der Waals surface area contributed by atoms with Gasteiger partial charge in [0.25, 0.3) is 0 Å². The van der Waals surface area contributed by atoms with Crippen molar-refractivity contribution in [2.24, 2.45) is 17.3 Å². The summed E-state index contributed by atoms with van der Waals surface area (Å²) in [5.74, 6) is 1.69. The van der Waals surface area contributed by atoms with Crippen LogP contribution in [0, 0.1) is 17.3 Å². The number of hydrogen-bond donors (Lipinski definition) is 0. The van der Waals surface area contributed by atoms with Gasteiger partial charge in [0.05, 0.1) is 5.41 Å². The maximum absolute atomic E-state index is 12.3. The van der Waals surface area contributed by atoms with Crippen LogP contribution in [0.5, 0.6) is 0 Å². The molecule has 3 unspecified atom stereocenters. The minimum absolute atomic E-state index is 0.00763. The highest BCUT2D eigenvalue weighted by molar-refractivity contribution is 5.76. The van der Waals surface area contributed by atoms with Gasteiger partial charge in [-0.05, 0) is 58.3 Å². The van der Waals surface area contributed by atoms with E-state index >= 15 is 0 Å². The monoisotopic (exact) mass is 296 g/mol. The second-order valence-corrected chi connectivity index (χ2v) is 7.62. The van der Waals surface area contributed by atoms with Gasteiger partial charge in [-0.1, -0.05) is 46.5 Å². The molecule has 124 valence electrons. The number of esters is 1. The van der Waals surface area contributed by atoms with Crippen molar-refractivity contribution in [1.82, 2.24) is 0 Å². The average Bonchev–Trinajstić information content (AvgIpc) is 2.48. The zero-order chi connectivity index (χ0) is 16.1. The molecule has 2 heteroatoms. The average molecular weight is 296 g/mol. The topological polar surface area (TPSA) is 26.3 Å². The van der Waals surface area contributed by atoms with Crippen LogP contribution in [0.4, 0.5) is 0 Å². The zero-order valence-corrected chi connectivity index (χ0v) is 15.1. The number of carbonyl (C=O) groups excluding carboxylic acids is 1. The molecule has 2 saturated carbocycles. The molecule has 0 spiro atoms. The predicted molar refractivity (Wildman–Crippen MR) is 89.2 cm³/mol. The minimum Gasteiger partial charge on any atom is -0.459 e. The SMILES string of the molecule is CC.CCC(C)(C)C(=O)OC1(C)CCC2CCCCC2C1. The summed E-state index contributed by atoms with van der Waals surface area (Å²) in [5.41, 5.74) is -0.547. The van der Waals surface area contributed by atoms with E-state index in [9.17, 15) is 4.79 Å². The molecule has 0 aromatic heterocycles. The van der Waals surface area contributed by atoms with Crippen LogP contribution >= 0.6 is 0 Å². The number of hydrogen-bond acceptors (Lipinski definition) is 2. The molecule has 2 aliphatic rings. The Hall–Kier alpha value is -0.530. The first-order valence-corrected chi connectivity index (χ1v) is 9.10. The lowest BCUT2D eigenvalue weighted by Gasteiger charge is -2.45. The molecular formula is C19H36O2. The van der Waals surface area contributed by atoms with Gasteiger partial charge >= 0.3 is 5.97 Å². The van der Waals surface area contributed by atoms with E-state index in [1.165, 1.54) is 32.1 Å². The summed E-state index contributed by atoms with van der Waals surface area (Å²) < 4.78 is 5.94. The maximum Gasteiger partial charge on any atom is 0.312 e. The van der Waals surface area contributed by atoms with E-state index < -0.39 is 0 Å². The van der Waals surface area contributed by atoms with Crippen LogP contribution in [0.25, 0.3) is 0 Å². The third-order valence-electron chi connectivity index (χ3n) is 5.58. The number of carbonyl (C=O) groups is 1. The molecule has 0 aliphatic heterocycles. The van der Waals surface area contributed by atoms with Crippen LogP contribution < -0.4 is 0 Å². The van der Waals surface area contributed by atoms with Crippen LogP contribution in [0.1, 0.15) is 92.9 Å². The van der Waals surface area contributed by atoms with Crippen molar-refractivity contribution in [1.29, 1.82) is 0 Å². The van der Waals surface area contributed by atoms with Crippen molar-refractivity contribution >= 4 is 5.97 Å². The molecule has 21 heavy (non-hydrogen) atoms. The summed E-state index contributed by atoms with van der Waals surface area (Å²) in [6.45, 7) is 12.2. The second-order valence-electron chi connectivity index (χ2n) is 7.62. The predicted octanol–water partition coefficient (Wildman–Crippen LogP) is 5.74. The van der Waals surface area contributed by atoms with E-state index in [2.05, 4.69) is 13.8 Å². The number of rotatable bonds is 3. The third-order valence-corrected chi connectivity index (χ3v) is 5.58. The molecule has 2 fully saturated rings. The molecule has 2 rings (SSSR count). The third kappa shape index (κ3) is 4.72. The van der Waals surface area contributed by atoms with E-state index in [1.54, 1.807) is 0 Å². The fourth-order valence-electron chi connectivity index (χ4n) is 3.68. The normalized spacial score (nSPS) is 32.5. The van der Waals surface area contributed by atoms with Gasteiger partial charge in [-0.15, -0.1) is 0 Å². The van der Waals surface area contributed by atoms with E-state index in [-0.39, 0.29) is 17.0 Å². The Morgan fingerprint density at radius 3 is 2.29 bits per heavy atom. The summed E-state index contributed by atoms with van der Waals surface area (Å²) in [6, 6.07) is 0. The van der Waals surface area contributed by atoms with Gasteiger partial charge in [0, 0.05) is 0 Å². The van der Waals surface area contributed by atoms with Gasteiger partial charge in [-0.2, -0.15) is 0 Å². The van der Waals surface area contributed by atoms with Gasteiger partial charge in [-0.3, -0.25) is 4.79 Å². The fourth-order valence-corrected chi connectivity index (χ4v) is 3.68. The Kier molecular flexibility index (Phi) is 6.74. The van der Waals surface area contributed by atoms with E-state index in [4.69, 9.17) is 4.74 Å². The smallest absolute Gasteiger partial charge is 0.312 e. The first-order chi connectivity index (χ1) is 9.86. The van der Waals surface area contributed by atoms with Crippen molar-refractivity contribution < 1.29 is 9.53 Å². The Labute approximate surface area is 132 Å². The molecule has 0 saturated heterocycles. The maximum atomic E-state index is 12.3. The summed E-state index contributed by atoms with van der Waals surface area (Å²) in [4.78, 5) is 12.3. The number of ether oxygens (including phenoxy) is 1. The highest BCUT2D eigenvalue weighted by atomic mass is 16.6. The van der Waals surface area contributed by atoms with Crippen molar-refractivity contribution in [2.75, 3.05) is 0 Å². The Bertz CT molecular complexity index is 334. The Balaban J connectivity index is 0.00000106. The van der Waals surface area contributed by atoms with Gasteiger partial charge in [0.1, 0.15) is 5.60 Å². The lowest BCUT2D eigenvalue weighted by atomic mass is 9.66. The number of fused-ring (bicyclic) bond motifs is 1. The summed E-state index contributed by atoms with van der Waals surface area (Å²) in [6.07, 6.45) is 9.74. The highest BCUT2D eigenvalue weighted by Gasteiger charge is 2.42. The summed E-state index contributed by atoms with van der Waals surface area (Å²) in [5, 5.41) is 0. The van der Waals surface area contributed by atoms with Crippen LogP contribution in [0.15, 0.2) is 0 Å². The van der Waals surface area contributed by atoms with Gasteiger partial charge in [0.15, 0.2) is 0 Å². The molecule has 0 N–H and O–H groups in total. The molecule has 3 atom stereocenters. The molecule has 2 aliphatic carbocycles. The van der Waals surface area contributed by atoms with Crippen LogP contribution in [-0.2, 0) is 9.53 Å². The van der Waals surface area contributed by atoms with E-state index in [0.29, 0.717) is 0 Å². The Morgan fingerprint density at radius 2 is 1.71 bits per heavy atom. The van der Waals surface area contributed by atoms with Crippen molar-refractivity contribution in [3.63, 3.8) is 0 Å². The first kappa shape index (κ1) is 18.5. The van der Waals surface area contributed by atoms with Crippen molar-refractivity contribution in [3.05, 3.63) is 0 Å². The zero-order valence-electron chi connectivity index (χ0n) is 15.1. The van der Waals surface area contributed by atoms with Crippen LogP contribution in [-0.4, -0.2) is 11.6 Å². The van der Waals surface area contributed by atoms with Gasteiger partial charge in [-0.25, -0.2) is 0 Å². The highest BCUT2D eigenvalue weighted by Crippen LogP contribution is 2.46. The standard InChI is InChI=1S/C17H30O2.C2H6/c1-5-16(2,3)15(18)19-17(4)11-10-13-8-6-7-9-14(13)12-17;1-2/h13-14H,5-12H2,1-4H3;1-2H3. The Morgan fingerprint density at radius 1 is 1.14 bits per heavy atom.